The number of nitrogens with one attached hydrogen (secondary N) is 1. The maximum Gasteiger partial charge on any atom is 0.453 e. The van der Waals surface area contributed by atoms with Crippen LogP contribution in [0, 0.1) is 0 Å². The molecule has 0 radical (unpaired) electrons. The molecule has 3 aromatic carbocycles. The third kappa shape index (κ3) is 5.71. The molecule has 7 nitrogen and oxygen atoms in total. The fourth-order valence-corrected chi connectivity index (χ4v) is 6.60. The first-order valence-electron chi connectivity index (χ1n) is 14.0. The van der Waals surface area contributed by atoms with Gasteiger partial charge in [0.1, 0.15) is 5.75 Å². The van der Waals surface area contributed by atoms with Gasteiger partial charge in [-0.05, 0) is 52.6 Å². The van der Waals surface area contributed by atoms with Crippen molar-refractivity contribution in [3.05, 3.63) is 101 Å². The normalized spacial score (nSPS) is 21.5. The Balaban J connectivity index is 1.36. The summed E-state index contributed by atoms with van der Waals surface area (Å²) in [6.07, 6.45) is -0.186. The van der Waals surface area contributed by atoms with Crippen molar-refractivity contribution in [1.29, 1.82) is 0 Å². The van der Waals surface area contributed by atoms with Crippen LogP contribution in [0.15, 0.2) is 78.9 Å². The number of methoxy groups -OCH3 is 1. The zero-order chi connectivity index (χ0) is 28.4. The Labute approximate surface area is 237 Å². The van der Waals surface area contributed by atoms with Gasteiger partial charge in [0.2, 0.25) is 0 Å². The minimum Gasteiger partial charge on any atom is -0.496 e. The summed E-state index contributed by atoms with van der Waals surface area (Å²) in [6.45, 7) is 1.32. The van der Waals surface area contributed by atoms with Crippen LogP contribution in [0.2, 0.25) is 0 Å². The molecule has 3 atom stereocenters. The largest absolute Gasteiger partial charge is 0.496 e. The molecule has 2 heterocycles. The minimum atomic E-state index is -4.67. The Morgan fingerprint density at radius 1 is 0.951 bits per heavy atom. The van der Waals surface area contributed by atoms with Crippen LogP contribution in [-0.2, 0) is 12.7 Å². The van der Waals surface area contributed by atoms with E-state index in [-0.39, 0.29) is 17.6 Å². The van der Waals surface area contributed by atoms with Crippen LogP contribution in [0.3, 0.4) is 0 Å². The average molecular weight is 563 g/mol. The lowest BCUT2D eigenvalue weighted by molar-refractivity contribution is -0.146. The summed E-state index contributed by atoms with van der Waals surface area (Å²) < 4.78 is 47.1. The van der Waals surface area contributed by atoms with Crippen LogP contribution in [0.4, 0.5) is 13.2 Å². The van der Waals surface area contributed by atoms with E-state index in [1.165, 1.54) is 17.5 Å². The van der Waals surface area contributed by atoms with Crippen molar-refractivity contribution in [2.75, 3.05) is 13.7 Å². The molecule has 0 amide bonds. The molecule has 10 heteroatoms. The number of nitrogens with zero attached hydrogens (tertiary/aromatic N) is 5. The molecule has 1 saturated heterocycles. The van der Waals surface area contributed by atoms with E-state index in [0.717, 1.165) is 36.1 Å². The van der Waals surface area contributed by atoms with E-state index in [9.17, 15) is 13.2 Å². The number of aromatic nitrogens is 4. The molecule has 1 aliphatic carbocycles. The third-order valence-corrected chi connectivity index (χ3v) is 8.38. The Kier molecular flexibility index (Phi) is 7.77. The number of piperazine rings is 1. The van der Waals surface area contributed by atoms with Crippen LogP contribution >= 0.6 is 0 Å². The maximum atomic E-state index is 13.6. The molecule has 0 spiro atoms. The monoisotopic (exact) mass is 562 g/mol. The van der Waals surface area contributed by atoms with Gasteiger partial charge in [0.15, 0.2) is 0 Å². The van der Waals surface area contributed by atoms with Crippen LogP contribution in [0.25, 0.3) is 5.69 Å². The predicted octanol–water partition coefficient (Wildman–Crippen LogP) is 5.61. The lowest BCUT2D eigenvalue weighted by atomic mass is 9.79. The first-order chi connectivity index (χ1) is 19.9. The van der Waals surface area contributed by atoms with Crippen LogP contribution in [0.5, 0.6) is 5.75 Å². The number of benzene rings is 3. The second kappa shape index (κ2) is 11.6. The lowest BCUT2D eigenvalue weighted by Crippen LogP contribution is -2.64. The number of tetrazole rings is 1. The average Bonchev–Trinajstić information content (AvgIpc) is 3.50. The summed E-state index contributed by atoms with van der Waals surface area (Å²) in [5.41, 5.74) is 3.55. The van der Waals surface area contributed by atoms with Crippen molar-refractivity contribution in [3.8, 4) is 11.4 Å². The molecule has 2 aliphatic rings. The van der Waals surface area contributed by atoms with Crippen molar-refractivity contribution < 1.29 is 17.9 Å². The fraction of sp³-hybridized carbons (Fsp3) is 0.387. The first-order valence-corrected chi connectivity index (χ1v) is 14.0. The van der Waals surface area contributed by atoms with Crippen LogP contribution in [-0.4, -0.2) is 56.9 Å². The Bertz CT molecular complexity index is 1410. The van der Waals surface area contributed by atoms with Crippen molar-refractivity contribution >= 4 is 0 Å². The zero-order valence-electron chi connectivity index (χ0n) is 22.8. The van der Waals surface area contributed by atoms with Gasteiger partial charge >= 0.3 is 6.18 Å². The highest BCUT2D eigenvalue weighted by Crippen LogP contribution is 2.37. The van der Waals surface area contributed by atoms with Gasteiger partial charge in [-0.2, -0.15) is 17.9 Å². The van der Waals surface area contributed by atoms with E-state index in [4.69, 9.17) is 4.74 Å². The molecule has 6 rings (SSSR count). The molecule has 1 aliphatic heterocycles. The zero-order valence-corrected chi connectivity index (χ0v) is 22.8. The van der Waals surface area contributed by atoms with Gasteiger partial charge in [-0.3, -0.25) is 4.90 Å². The van der Waals surface area contributed by atoms with Gasteiger partial charge in [0, 0.05) is 42.7 Å². The van der Waals surface area contributed by atoms with E-state index >= 15 is 0 Å². The topological polar surface area (TPSA) is 68.1 Å². The fourth-order valence-electron chi connectivity index (χ4n) is 6.60. The number of ether oxygens (including phenoxy) is 1. The predicted molar refractivity (Wildman–Crippen MR) is 149 cm³/mol. The van der Waals surface area contributed by atoms with Crippen molar-refractivity contribution in [2.45, 2.75) is 62.4 Å². The van der Waals surface area contributed by atoms with Crippen LogP contribution in [0.1, 0.15) is 54.1 Å². The highest BCUT2D eigenvalue weighted by Gasteiger charge is 2.41. The Morgan fingerprint density at radius 3 is 2.29 bits per heavy atom. The third-order valence-electron chi connectivity index (χ3n) is 8.38. The molecule has 0 bridgehead atoms. The summed E-state index contributed by atoms with van der Waals surface area (Å²) in [5, 5.41) is 14.2. The smallest absolute Gasteiger partial charge is 0.453 e. The van der Waals surface area contributed by atoms with Crippen molar-refractivity contribution in [1.82, 2.24) is 30.4 Å². The molecule has 41 heavy (non-hydrogen) atoms. The minimum absolute atomic E-state index is 0.143. The van der Waals surface area contributed by atoms with E-state index < -0.39 is 12.0 Å². The summed E-state index contributed by atoms with van der Waals surface area (Å²) in [5.74, 6) is -0.385. The number of rotatable bonds is 7. The molecule has 4 aromatic rings. The highest BCUT2D eigenvalue weighted by atomic mass is 19.4. The second-order valence-electron chi connectivity index (χ2n) is 10.9. The number of hydrogen-bond donors (Lipinski definition) is 1. The van der Waals surface area contributed by atoms with Gasteiger partial charge in [-0.1, -0.05) is 73.5 Å². The van der Waals surface area contributed by atoms with Gasteiger partial charge in [0.25, 0.3) is 5.82 Å². The molecule has 2 fully saturated rings. The standard InChI is InChI=1S/C31H33F3N6O/c1-41-28-17-16-24(40-30(31(32,33)34)36-37-38-40)18-23(28)19-39-20-26(35-25-14-8-9-15-27(25)39)29(21-10-4-2-5-11-21)22-12-6-3-7-13-22/h2-7,10-13,16-18,25-27,29,35H,8-9,14-15,19-20H2,1H3. The van der Waals surface area contributed by atoms with Crippen molar-refractivity contribution in [3.63, 3.8) is 0 Å². The van der Waals surface area contributed by atoms with Crippen molar-refractivity contribution in [2.24, 2.45) is 0 Å². The summed E-state index contributed by atoms with van der Waals surface area (Å²) in [6, 6.07) is 26.9. The number of halogens is 3. The molecular weight excluding hydrogens is 529 g/mol. The highest BCUT2D eigenvalue weighted by molar-refractivity contribution is 5.44. The van der Waals surface area contributed by atoms with E-state index in [1.807, 2.05) is 12.1 Å². The van der Waals surface area contributed by atoms with E-state index in [1.54, 1.807) is 25.3 Å². The van der Waals surface area contributed by atoms with Gasteiger partial charge < -0.3 is 10.1 Å². The number of alkyl halides is 3. The first kappa shape index (κ1) is 27.4. The SMILES string of the molecule is COc1ccc(-n2nnnc2C(F)(F)F)cc1CN1CC(C(c2ccccc2)c2ccccc2)NC2CCCCC21. The Morgan fingerprint density at radius 2 is 1.63 bits per heavy atom. The molecule has 3 unspecified atom stereocenters. The van der Waals surface area contributed by atoms with E-state index in [2.05, 4.69) is 74.3 Å². The lowest BCUT2D eigenvalue weighted by Gasteiger charge is -2.50. The van der Waals surface area contributed by atoms with Gasteiger partial charge in [-0.25, -0.2) is 0 Å². The molecule has 214 valence electrons. The van der Waals surface area contributed by atoms with E-state index in [0.29, 0.717) is 24.4 Å². The summed E-state index contributed by atoms with van der Waals surface area (Å²) in [4.78, 5) is 2.50. The van der Waals surface area contributed by atoms with Gasteiger partial charge in [-0.15, -0.1) is 5.10 Å². The molecule has 1 aromatic heterocycles. The van der Waals surface area contributed by atoms with Gasteiger partial charge in [0.05, 0.1) is 12.8 Å². The summed E-state index contributed by atoms with van der Waals surface area (Å²) >= 11 is 0. The summed E-state index contributed by atoms with van der Waals surface area (Å²) in [7, 11) is 1.58. The molecular formula is C31H33F3N6O. The number of fused-ring (bicyclic) bond motifs is 1. The Hall–Kier alpha value is -3.76. The maximum absolute atomic E-state index is 13.6. The molecule has 1 N–H and O–H groups in total. The van der Waals surface area contributed by atoms with Crippen LogP contribution < -0.4 is 10.1 Å². The number of hydrogen-bond acceptors (Lipinski definition) is 6. The molecule has 1 saturated carbocycles. The quantitative estimate of drug-likeness (QED) is 0.316. The second-order valence-corrected chi connectivity index (χ2v) is 10.9.